The van der Waals surface area contributed by atoms with Crippen LogP contribution in [0.4, 0.5) is 0 Å². The second-order valence-electron chi connectivity index (χ2n) is 5.73. The molecule has 0 radical (unpaired) electrons. The highest BCUT2D eigenvalue weighted by atomic mass is 79.9. The number of hydrazone groups is 1. The summed E-state index contributed by atoms with van der Waals surface area (Å²) in [7, 11) is -0.741. The smallest absolute Gasteiger partial charge is 0.276 e. The summed E-state index contributed by atoms with van der Waals surface area (Å²) in [5.74, 6) is 1.64. The molecule has 0 spiro atoms. The molecule has 0 saturated heterocycles. The van der Waals surface area contributed by atoms with Gasteiger partial charge in [0.25, 0.3) is 10.0 Å². The van der Waals surface area contributed by atoms with Crippen LogP contribution in [0.15, 0.2) is 50.9 Å². The van der Waals surface area contributed by atoms with Gasteiger partial charge in [-0.1, -0.05) is 0 Å². The number of hydrogen-bond donors (Lipinski definition) is 1. The molecule has 2 aromatic rings. The topological polar surface area (TPSA) is 86.2 Å². The third-order valence-corrected chi connectivity index (χ3v) is 5.18. The molecule has 1 N–H and O–H groups in total. The van der Waals surface area contributed by atoms with Crippen LogP contribution < -0.4 is 19.0 Å². The van der Waals surface area contributed by atoms with Gasteiger partial charge in [0.05, 0.1) is 35.9 Å². The summed E-state index contributed by atoms with van der Waals surface area (Å²) < 4.78 is 41.3. The van der Waals surface area contributed by atoms with Crippen LogP contribution in [0.2, 0.25) is 0 Å². The summed E-state index contributed by atoms with van der Waals surface area (Å²) in [6.45, 7) is 3.79. The normalized spacial score (nSPS) is 11.6. The van der Waals surface area contributed by atoms with Crippen LogP contribution in [0, 0.1) is 0 Å². The molecule has 0 aliphatic carbocycles. The van der Waals surface area contributed by atoms with Gasteiger partial charge in [-0.2, -0.15) is 13.5 Å². The maximum absolute atomic E-state index is 12.3. The number of nitrogens with one attached hydrogen (secondary N) is 1. The molecule has 0 aromatic heterocycles. The van der Waals surface area contributed by atoms with Crippen molar-refractivity contribution in [1.29, 1.82) is 0 Å². The highest BCUT2D eigenvalue weighted by Gasteiger charge is 2.13. The van der Waals surface area contributed by atoms with Crippen LogP contribution in [-0.4, -0.2) is 35.0 Å². The van der Waals surface area contributed by atoms with Crippen molar-refractivity contribution in [2.45, 2.75) is 24.8 Å². The lowest BCUT2D eigenvalue weighted by Gasteiger charge is -2.10. The molecule has 146 valence electrons. The summed E-state index contributed by atoms with van der Waals surface area (Å²) >= 11 is 3.37. The largest absolute Gasteiger partial charge is 0.493 e. The lowest BCUT2D eigenvalue weighted by molar-refractivity contribution is 0.242. The van der Waals surface area contributed by atoms with Crippen LogP contribution in [-0.2, 0) is 10.0 Å². The average Bonchev–Trinajstić information content (AvgIpc) is 2.61. The molecule has 9 heteroatoms. The molecule has 0 saturated carbocycles. The maximum Gasteiger partial charge on any atom is 0.276 e. The molecule has 0 amide bonds. The fraction of sp³-hybridized carbons (Fsp3) is 0.278. The first-order valence-corrected chi connectivity index (χ1v) is 10.3. The fourth-order valence-corrected chi connectivity index (χ4v) is 3.62. The summed E-state index contributed by atoms with van der Waals surface area (Å²) in [5, 5.41) is 3.82. The number of hydrogen-bond acceptors (Lipinski definition) is 6. The quantitative estimate of drug-likeness (QED) is 0.484. The molecule has 0 bridgehead atoms. The van der Waals surface area contributed by atoms with Crippen molar-refractivity contribution < 1.29 is 22.6 Å². The molecule has 2 rings (SSSR count). The first-order valence-electron chi connectivity index (χ1n) is 8.00. The van der Waals surface area contributed by atoms with Crippen molar-refractivity contribution in [2.75, 3.05) is 14.2 Å². The Kier molecular flexibility index (Phi) is 7.09. The molecule has 0 heterocycles. The molecule has 0 atom stereocenters. The third-order valence-electron chi connectivity index (χ3n) is 3.35. The van der Waals surface area contributed by atoms with Crippen molar-refractivity contribution in [2.24, 2.45) is 5.10 Å². The summed E-state index contributed by atoms with van der Waals surface area (Å²) in [6.07, 6.45) is 1.39. The van der Waals surface area contributed by atoms with E-state index in [0.717, 1.165) is 0 Å². The van der Waals surface area contributed by atoms with Crippen molar-refractivity contribution >= 4 is 32.2 Å². The number of ether oxygens (including phenoxy) is 3. The summed E-state index contributed by atoms with van der Waals surface area (Å²) in [4.78, 5) is 2.27. The van der Waals surface area contributed by atoms with E-state index >= 15 is 0 Å². The van der Waals surface area contributed by atoms with Crippen LogP contribution >= 0.6 is 15.9 Å². The molecular weight excluding hydrogens is 436 g/mol. The summed E-state index contributed by atoms with van der Waals surface area (Å²) in [6, 6.07) is 9.54. The van der Waals surface area contributed by atoms with E-state index in [-0.39, 0.29) is 11.0 Å². The zero-order valence-corrected chi connectivity index (χ0v) is 17.8. The van der Waals surface area contributed by atoms with Gasteiger partial charge in [0, 0.05) is 0 Å². The Bertz CT molecular complexity index is 912. The van der Waals surface area contributed by atoms with Gasteiger partial charge in [-0.15, -0.1) is 0 Å². The molecule has 0 unspecified atom stereocenters. The molecule has 7 nitrogen and oxygen atoms in total. The van der Waals surface area contributed by atoms with E-state index in [1.54, 1.807) is 24.3 Å². The molecule has 0 fully saturated rings. The zero-order valence-electron chi connectivity index (χ0n) is 15.4. The first-order chi connectivity index (χ1) is 12.8. The highest BCUT2D eigenvalue weighted by Crippen LogP contribution is 2.35. The summed E-state index contributed by atoms with van der Waals surface area (Å²) in [5.41, 5.74) is 0.628. The van der Waals surface area contributed by atoms with Crippen LogP contribution in [0.5, 0.6) is 17.2 Å². The molecule has 27 heavy (non-hydrogen) atoms. The monoisotopic (exact) mass is 456 g/mol. The van der Waals surface area contributed by atoms with E-state index in [4.69, 9.17) is 14.2 Å². The second-order valence-corrected chi connectivity index (χ2v) is 8.24. The van der Waals surface area contributed by atoms with Gasteiger partial charge in [-0.25, -0.2) is 4.83 Å². The molecular formula is C18H21BrN2O5S. The third kappa shape index (κ3) is 5.61. The first kappa shape index (κ1) is 21.0. The van der Waals surface area contributed by atoms with Gasteiger partial charge in [0.1, 0.15) is 5.75 Å². The van der Waals surface area contributed by atoms with E-state index in [1.807, 2.05) is 13.8 Å². The Hall–Kier alpha value is -2.26. The lowest BCUT2D eigenvalue weighted by atomic mass is 10.2. The predicted octanol–water partition coefficient (Wildman–Crippen LogP) is 3.57. The molecule has 0 aliphatic rings. The lowest BCUT2D eigenvalue weighted by Crippen LogP contribution is -2.18. The minimum Gasteiger partial charge on any atom is -0.493 e. The SMILES string of the molecule is COc1cc(/C=N/NS(=O)(=O)c2ccc(OC(C)C)cc2)cc(Br)c1OC. The maximum atomic E-state index is 12.3. The minimum atomic E-state index is -3.79. The second kappa shape index (κ2) is 9.09. The van der Waals surface area contributed by atoms with E-state index in [0.29, 0.717) is 27.3 Å². The fourth-order valence-electron chi connectivity index (χ4n) is 2.20. The van der Waals surface area contributed by atoms with Gasteiger partial charge >= 0.3 is 0 Å². The standard InChI is InChI=1S/C18H21BrN2O5S/c1-12(2)26-14-5-7-15(8-6-14)27(22,23)21-20-11-13-9-16(19)18(25-4)17(10-13)24-3/h5-12,21H,1-4H3/b20-11+. The van der Waals surface area contributed by atoms with E-state index in [1.165, 1.54) is 32.6 Å². The number of benzene rings is 2. The molecule has 2 aromatic carbocycles. The van der Waals surface area contributed by atoms with Gasteiger partial charge in [-0.05, 0) is 71.7 Å². The van der Waals surface area contributed by atoms with Gasteiger partial charge in [0.15, 0.2) is 11.5 Å². The number of rotatable bonds is 8. The van der Waals surface area contributed by atoms with Crippen molar-refractivity contribution in [3.8, 4) is 17.2 Å². The Morgan fingerprint density at radius 1 is 1.11 bits per heavy atom. The number of sulfonamides is 1. The number of nitrogens with zero attached hydrogens (tertiary/aromatic N) is 1. The van der Waals surface area contributed by atoms with Crippen molar-refractivity contribution in [1.82, 2.24) is 4.83 Å². The Morgan fingerprint density at radius 3 is 2.33 bits per heavy atom. The van der Waals surface area contributed by atoms with E-state index in [9.17, 15) is 8.42 Å². The van der Waals surface area contributed by atoms with Gasteiger partial charge in [0.2, 0.25) is 0 Å². The number of halogens is 1. The zero-order chi connectivity index (χ0) is 20.0. The average molecular weight is 457 g/mol. The predicted molar refractivity (Wildman–Crippen MR) is 107 cm³/mol. The molecule has 0 aliphatic heterocycles. The van der Waals surface area contributed by atoms with Crippen LogP contribution in [0.1, 0.15) is 19.4 Å². The Labute approximate surface area is 167 Å². The van der Waals surface area contributed by atoms with Crippen LogP contribution in [0.25, 0.3) is 0 Å². The van der Waals surface area contributed by atoms with Crippen molar-refractivity contribution in [3.05, 3.63) is 46.4 Å². The van der Waals surface area contributed by atoms with Crippen molar-refractivity contribution in [3.63, 3.8) is 0 Å². The van der Waals surface area contributed by atoms with E-state index in [2.05, 4.69) is 25.9 Å². The highest BCUT2D eigenvalue weighted by molar-refractivity contribution is 9.10. The van der Waals surface area contributed by atoms with Crippen LogP contribution in [0.3, 0.4) is 0 Å². The Morgan fingerprint density at radius 2 is 1.78 bits per heavy atom. The minimum absolute atomic E-state index is 0.0102. The van der Waals surface area contributed by atoms with E-state index < -0.39 is 10.0 Å². The van der Waals surface area contributed by atoms with Gasteiger partial charge in [-0.3, -0.25) is 0 Å². The Balaban J connectivity index is 2.14. The van der Waals surface area contributed by atoms with Gasteiger partial charge < -0.3 is 14.2 Å². The number of methoxy groups -OCH3 is 2.